The van der Waals surface area contributed by atoms with Gasteiger partial charge in [0.15, 0.2) is 0 Å². The first-order valence-corrected chi connectivity index (χ1v) is 9.59. The van der Waals surface area contributed by atoms with Crippen molar-refractivity contribution in [2.24, 2.45) is 5.10 Å². The van der Waals surface area contributed by atoms with Crippen molar-refractivity contribution in [2.75, 3.05) is 0 Å². The normalized spacial score (nSPS) is 10.8. The Labute approximate surface area is 182 Å². The first-order chi connectivity index (χ1) is 14.9. The highest BCUT2D eigenvalue weighted by Crippen LogP contribution is 2.26. The van der Waals surface area contributed by atoms with Crippen molar-refractivity contribution in [3.63, 3.8) is 0 Å². The Bertz CT molecular complexity index is 1120. The van der Waals surface area contributed by atoms with Crippen molar-refractivity contribution < 1.29 is 23.8 Å². The number of carboxylic acid groups (broad SMARTS) is 1. The molecule has 1 amide bonds. The molecule has 0 aliphatic heterocycles. The van der Waals surface area contributed by atoms with Crippen molar-refractivity contribution in [1.82, 2.24) is 5.43 Å². The van der Waals surface area contributed by atoms with E-state index in [4.69, 9.17) is 21.4 Å². The van der Waals surface area contributed by atoms with Gasteiger partial charge in [0, 0.05) is 0 Å². The van der Waals surface area contributed by atoms with E-state index >= 15 is 0 Å². The average Bonchev–Trinajstić information content (AvgIpc) is 2.75. The number of amides is 1. The second-order valence-electron chi connectivity index (χ2n) is 6.58. The topological polar surface area (TPSA) is 88.0 Å². The smallest absolute Gasteiger partial charge is 0.335 e. The summed E-state index contributed by atoms with van der Waals surface area (Å²) in [5.41, 5.74) is 4.60. The maximum absolute atomic E-state index is 12.9. The van der Waals surface area contributed by atoms with E-state index in [0.29, 0.717) is 27.5 Å². The number of halogens is 2. The van der Waals surface area contributed by atoms with E-state index < -0.39 is 5.97 Å². The summed E-state index contributed by atoms with van der Waals surface area (Å²) in [6, 6.07) is 17.1. The molecule has 0 bridgehead atoms. The summed E-state index contributed by atoms with van der Waals surface area (Å²) in [5.74, 6) is -1.27. The minimum atomic E-state index is -1.01. The first-order valence-electron chi connectivity index (χ1n) is 9.21. The van der Waals surface area contributed by atoms with Crippen LogP contribution in [0.1, 0.15) is 27.0 Å². The molecule has 0 radical (unpaired) electrons. The molecule has 6 nitrogen and oxygen atoms in total. The van der Waals surface area contributed by atoms with Crippen LogP contribution < -0.4 is 10.2 Å². The van der Waals surface area contributed by atoms with Crippen LogP contribution >= 0.6 is 11.6 Å². The number of carbonyl (C=O) groups is 2. The fraction of sp³-hybridized carbons (Fsp3) is 0.0870. The van der Waals surface area contributed by atoms with Crippen LogP contribution in [-0.4, -0.2) is 23.2 Å². The quantitative estimate of drug-likeness (QED) is 0.400. The third-order valence-electron chi connectivity index (χ3n) is 4.21. The van der Waals surface area contributed by atoms with Crippen molar-refractivity contribution in [2.45, 2.75) is 13.0 Å². The van der Waals surface area contributed by atoms with Gasteiger partial charge in [-0.25, -0.2) is 14.6 Å². The van der Waals surface area contributed by atoms with Gasteiger partial charge in [-0.15, -0.1) is 0 Å². The van der Waals surface area contributed by atoms with Crippen LogP contribution in [0.4, 0.5) is 4.39 Å². The van der Waals surface area contributed by atoms with Crippen molar-refractivity contribution in [3.05, 3.63) is 99.8 Å². The molecule has 0 spiro atoms. The molecular weight excluding hydrogens is 423 g/mol. The van der Waals surface area contributed by atoms with Gasteiger partial charge in [0.25, 0.3) is 0 Å². The van der Waals surface area contributed by atoms with Gasteiger partial charge in [-0.05, 0) is 59.2 Å². The number of nitrogens with zero attached hydrogens (tertiary/aromatic N) is 1. The average molecular weight is 441 g/mol. The van der Waals surface area contributed by atoms with E-state index in [-0.39, 0.29) is 30.3 Å². The Morgan fingerprint density at radius 2 is 1.84 bits per heavy atom. The molecule has 0 saturated carbocycles. The molecule has 0 unspecified atom stereocenters. The van der Waals surface area contributed by atoms with Gasteiger partial charge in [0.05, 0.1) is 23.2 Å². The highest BCUT2D eigenvalue weighted by Gasteiger charge is 2.07. The zero-order valence-corrected chi connectivity index (χ0v) is 17.0. The molecule has 0 saturated heterocycles. The number of hydrogen-bond donors (Lipinski definition) is 2. The minimum absolute atomic E-state index is 0.0776. The molecule has 0 aliphatic carbocycles. The summed E-state index contributed by atoms with van der Waals surface area (Å²) in [5, 5.41) is 13.3. The molecule has 3 aromatic carbocycles. The Balaban J connectivity index is 1.53. The molecule has 8 heteroatoms. The minimum Gasteiger partial charge on any atom is -0.487 e. The molecular formula is C23H18ClFN2O4. The van der Waals surface area contributed by atoms with Gasteiger partial charge >= 0.3 is 5.97 Å². The van der Waals surface area contributed by atoms with Crippen molar-refractivity contribution in [3.8, 4) is 5.75 Å². The lowest BCUT2D eigenvalue weighted by molar-refractivity contribution is -0.120. The molecule has 0 fully saturated rings. The third kappa shape index (κ3) is 6.65. The number of ether oxygens (including phenoxy) is 1. The molecule has 158 valence electrons. The maximum atomic E-state index is 12.9. The van der Waals surface area contributed by atoms with Crippen LogP contribution in [0.25, 0.3) is 0 Å². The third-order valence-corrected chi connectivity index (χ3v) is 4.50. The van der Waals surface area contributed by atoms with Gasteiger partial charge in [0.1, 0.15) is 18.2 Å². The maximum Gasteiger partial charge on any atom is 0.335 e. The Morgan fingerprint density at radius 3 is 2.55 bits per heavy atom. The van der Waals surface area contributed by atoms with Crippen LogP contribution in [0.3, 0.4) is 0 Å². The standard InChI is InChI=1S/C23H18ClFN2O4/c24-20-11-16(13-26-27-22(28)12-15-4-7-19(25)8-5-15)6-9-21(20)31-14-17-2-1-3-18(10-17)23(29)30/h1-11,13H,12,14H2,(H,27,28)(H,29,30)/b26-13+. The van der Waals surface area contributed by atoms with Crippen molar-refractivity contribution in [1.29, 1.82) is 0 Å². The molecule has 2 N–H and O–H groups in total. The molecule has 0 atom stereocenters. The number of aromatic carboxylic acids is 1. The highest BCUT2D eigenvalue weighted by atomic mass is 35.5. The SMILES string of the molecule is O=C(Cc1ccc(F)cc1)N/N=C/c1ccc(OCc2cccc(C(=O)O)c2)c(Cl)c1. The molecule has 0 aromatic heterocycles. The van der Waals surface area contributed by atoms with Gasteiger partial charge in [0.2, 0.25) is 5.91 Å². The summed E-state index contributed by atoms with van der Waals surface area (Å²) in [7, 11) is 0. The van der Waals surface area contributed by atoms with E-state index in [0.717, 1.165) is 0 Å². The van der Waals surface area contributed by atoms with E-state index in [1.54, 1.807) is 30.3 Å². The predicted molar refractivity (Wildman–Crippen MR) is 115 cm³/mol. The largest absolute Gasteiger partial charge is 0.487 e. The number of rotatable bonds is 8. The zero-order chi connectivity index (χ0) is 22.2. The van der Waals surface area contributed by atoms with Crippen molar-refractivity contribution >= 4 is 29.7 Å². The van der Waals surface area contributed by atoms with E-state index in [1.807, 2.05) is 0 Å². The second kappa shape index (κ2) is 10.4. The molecule has 31 heavy (non-hydrogen) atoms. The lowest BCUT2D eigenvalue weighted by Crippen LogP contribution is -2.19. The number of nitrogens with one attached hydrogen (secondary N) is 1. The van der Waals surface area contributed by atoms with E-state index in [2.05, 4.69) is 10.5 Å². The Morgan fingerprint density at radius 1 is 1.06 bits per heavy atom. The monoisotopic (exact) mass is 440 g/mol. The van der Waals surface area contributed by atoms with Gasteiger partial charge in [-0.2, -0.15) is 5.10 Å². The highest BCUT2D eigenvalue weighted by molar-refractivity contribution is 6.32. The Hall–Kier alpha value is -3.71. The lowest BCUT2D eigenvalue weighted by Gasteiger charge is -2.09. The number of hydrazone groups is 1. The zero-order valence-electron chi connectivity index (χ0n) is 16.2. The van der Waals surface area contributed by atoms with Gasteiger partial charge in [-0.3, -0.25) is 4.79 Å². The van der Waals surface area contributed by atoms with E-state index in [1.165, 1.54) is 42.6 Å². The summed E-state index contributed by atoms with van der Waals surface area (Å²) in [4.78, 5) is 22.9. The fourth-order valence-corrected chi connectivity index (χ4v) is 2.92. The predicted octanol–water partition coefficient (Wildman–Crippen LogP) is 4.45. The fourth-order valence-electron chi connectivity index (χ4n) is 2.68. The first kappa shape index (κ1) is 22.0. The lowest BCUT2D eigenvalue weighted by atomic mass is 10.1. The van der Waals surface area contributed by atoms with Crippen LogP contribution in [0, 0.1) is 5.82 Å². The Kier molecular flexibility index (Phi) is 7.35. The molecule has 3 rings (SSSR count). The number of benzene rings is 3. The van der Waals surface area contributed by atoms with E-state index in [9.17, 15) is 14.0 Å². The summed E-state index contributed by atoms with van der Waals surface area (Å²) >= 11 is 6.24. The van der Waals surface area contributed by atoms with Gasteiger partial charge in [-0.1, -0.05) is 35.9 Å². The molecule has 0 aliphatic rings. The van der Waals surface area contributed by atoms with Crippen LogP contribution in [0.15, 0.2) is 71.8 Å². The number of carboxylic acids is 1. The molecule has 3 aromatic rings. The summed E-state index contributed by atoms with van der Waals surface area (Å²) in [6.45, 7) is 0.160. The number of carbonyl (C=O) groups excluding carboxylic acids is 1. The van der Waals surface area contributed by atoms with Crippen LogP contribution in [0.2, 0.25) is 5.02 Å². The summed E-state index contributed by atoms with van der Waals surface area (Å²) < 4.78 is 18.6. The van der Waals surface area contributed by atoms with Gasteiger partial charge < -0.3 is 9.84 Å². The number of hydrogen-bond acceptors (Lipinski definition) is 4. The summed E-state index contributed by atoms with van der Waals surface area (Å²) in [6.07, 6.45) is 1.52. The van der Waals surface area contributed by atoms with Crippen LogP contribution in [0.5, 0.6) is 5.75 Å². The second-order valence-corrected chi connectivity index (χ2v) is 6.99. The van der Waals surface area contributed by atoms with Crippen LogP contribution in [-0.2, 0) is 17.8 Å². The molecule has 0 heterocycles.